The van der Waals surface area contributed by atoms with E-state index in [1.807, 2.05) is 36.9 Å². The Balaban J connectivity index is 1.96. The van der Waals surface area contributed by atoms with E-state index in [-0.39, 0.29) is 5.92 Å². The minimum Gasteiger partial charge on any atom is -0.384 e. The summed E-state index contributed by atoms with van der Waals surface area (Å²) in [7, 11) is -1.90. The summed E-state index contributed by atoms with van der Waals surface area (Å²) in [5.74, 6) is -0.0493. The Labute approximate surface area is 143 Å². The maximum atomic E-state index is 13.0. The van der Waals surface area contributed by atoms with Crippen LogP contribution in [0.4, 0.5) is 0 Å². The highest BCUT2D eigenvalue weighted by molar-refractivity contribution is 7.89. The number of ether oxygens (including phenoxy) is 1. The molecule has 6 nitrogen and oxygen atoms in total. The highest BCUT2D eigenvalue weighted by Crippen LogP contribution is 2.31. The first-order valence-electron chi connectivity index (χ1n) is 8.07. The van der Waals surface area contributed by atoms with Gasteiger partial charge in [0.05, 0.1) is 17.2 Å². The van der Waals surface area contributed by atoms with E-state index in [0.717, 1.165) is 23.4 Å². The molecule has 0 saturated carbocycles. The van der Waals surface area contributed by atoms with E-state index in [2.05, 4.69) is 5.10 Å². The third kappa shape index (κ3) is 3.11. The Kier molecular flexibility index (Phi) is 4.76. The van der Waals surface area contributed by atoms with Crippen molar-refractivity contribution in [3.8, 4) is 0 Å². The number of nitrogens with zero attached hydrogens (tertiary/aromatic N) is 3. The van der Waals surface area contributed by atoms with Gasteiger partial charge in [0.1, 0.15) is 0 Å². The van der Waals surface area contributed by atoms with E-state index in [4.69, 9.17) is 4.74 Å². The van der Waals surface area contributed by atoms with E-state index >= 15 is 0 Å². The second kappa shape index (κ2) is 6.66. The van der Waals surface area contributed by atoms with Crippen LogP contribution in [-0.4, -0.2) is 42.8 Å². The van der Waals surface area contributed by atoms with Crippen molar-refractivity contribution in [3.63, 3.8) is 0 Å². The number of hydrogen-bond donors (Lipinski definition) is 0. The van der Waals surface area contributed by atoms with Crippen molar-refractivity contribution < 1.29 is 13.2 Å². The molecular formula is C17H23N3O3S. The molecule has 0 bridgehead atoms. The molecule has 0 amide bonds. The predicted octanol–water partition coefficient (Wildman–Crippen LogP) is 2.15. The van der Waals surface area contributed by atoms with Gasteiger partial charge in [-0.1, -0.05) is 17.7 Å². The summed E-state index contributed by atoms with van der Waals surface area (Å²) in [5.41, 5.74) is 2.95. The normalized spacial score (nSPS) is 18.5. The van der Waals surface area contributed by atoms with E-state index in [0.29, 0.717) is 24.6 Å². The average Bonchev–Trinajstić information content (AvgIpc) is 2.99. The van der Waals surface area contributed by atoms with Crippen LogP contribution in [-0.2, 0) is 27.8 Å². The molecule has 0 unspecified atom stereocenters. The Morgan fingerprint density at radius 3 is 2.62 bits per heavy atom. The van der Waals surface area contributed by atoms with Crippen molar-refractivity contribution in [2.75, 3.05) is 20.3 Å². The van der Waals surface area contributed by atoms with E-state index in [1.165, 1.54) is 4.31 Å². The summed E-state index contributed by atoms with van der Waals surface area (Å²) in [4.78, 5) is 0.329. The molecule has 0 N–H and O–H groups in total. The van der Waals surface area contributed by atoms with Gasteiger partial charge in [0.25, 0.3) is 0 Å². The van der Waals surface area contributed by atoms with Crippen molar-refractivity contribution in [2.24, 2.45) is 0 Å². The summed E-state index contributed by atoms with van der Waals surface area (Å²) in [6.07, 6.45) is 1.94. The zero-order chi connectivity index (χ0) is 17.3. The van der Waals surface area contributed by atoms with Crippen molar-refractivity contribution in [2.45, 2.75) is 37.8 Å². The number of aromatic nitrogens is 2. The number of rotatable bonds is 5. The van der Waals surface area contributed by atoms with Crippen LogP contribution in [0, 0.1) is 6.92 Å². The van der Waals surface area contributed by atoms with Crippen LogP contribution in [0.25, 0.3) is 0 Å². The smallest absolute Gasteiger partial charge is 0.243 e. The van der Waals surface area contributed by atoms with Crippen LogP contribution in [0.3, 0.4) is 0 Å². The first kappa shape index (κ1) is 17.1. The Bertz CT molecular complexity index is 812. The van der Waals surface area contributed by atoms with Gasteiger partial charge >= 0.3 is 0 Å². The molecule has 2 aromatic rings. The molecule has 0 radical (unpaired) electrons. The molecule has 3 rings (SSSR count). The molecule has 0 saturated heterocycles. The minimum atomic E-state index is -3.53. The molecule has 24 heavy (non-hydrogen) atoms. The summed E-state index contributed by atoms with van der Waals surface area (Å²) in [5, 5.41) is 4.59. The van der Waals surface area contributed by atoms with Gasteiger partial charge in [0, 0.05) is 44.4 Å². The summed E-state index contributed by atoms with van der Waals surface area (Å²) >= 11 is 0. The summed E-state index contributed by atoms with van der Waals surface area (Å²) in [6.45, 7) is 5.91. The second-order valence-electron chi connectivity index (χ2n) is 6.16. The molecule has 1 atom stereocenters. The third-order valence-electron chi connectivity index (χ3n) is 4.38. The number of hydrogen-bond acceptors (Lipinski definition) is 4. The van der Waals surface area contributed by atoms with Gasteiger partial charge in [-0.25, -0.2) is 8.42 Å². The Morgan fingerprint density at radius 1 is 1.29 bits per heavy atom. The number of aryl methyl sites for hydroxylation is 2. The monoisotopic (exact) mass is 349 g/mol. The van der Waals surface area contributed by atoms with Crippen LogP contribution < -0.4 is 0 Å². The molecule has 0 spiro atoms. The molecule has 130 valence electrons. The van der Waals surface area contributed by atoms with Crippen LogP contribution in [0.15, 0.2) is 35.4 Å². The van der Waals surface area contributed by atoms with Crippen molar-refractivity contribution in [3.05, 3.63) is 47.3 Å². The highest BCUT2D eigenvalue weighted by Gasteiger charge is 2.35. The lowest BCUT2D eigenvalue weighted by atomic mass is 9.99. The van der Waals surface area contributed by atoms with Crippen LogP contribution in [0.1, 0.15) is 29.7 Å². The molecule has 0 fully saturated rings. The van der Waals surface area contributed by atoms with E-state index < -0.39 is 10.0 Å². The predicted molar refractivity (Wildman–Crippen MR) is 91.3 cm³/mol. The van der Waals surface area contributed by atoms with Crippen molar-refractivity contribution in [1.29, 1.82) is 0 Å². The Morgan fingerprint density at radius 2 is 2.00 bits per heavy atom. The van der Waals surface area contributed by atoms with Gasteiger partial charge in [-0.05, 0) is 26.0 Å². The van der Waals surface area contributed by atoms with Gasteiger partial charge in [0.2, 0.25) is 10.0 Å². The summed E-state index contributed by atoms with van der Waals surface area (Å²) < 4.78 is 34.7. The van der Waals surface area contributed by atoms with Gasteiger partial charge in [-0.3, -0.25) is 4.68 Å². The molecule has 7 heteroatoms. The lowest BCUT2D eigenvalue weighted by molar-refractivity contribution is 0.161. The van der Waals surface area contributed by atoms with Crippen LogP contribution in [0.5, 0.6) is 0 Å². The number of methoxy groups -OCH3 is 1. The second-order valence-corrected chi connectivity index (χ2v) is 8.10. The first-order chi connectivity index (χ1) is 11.5. The largest absolute Gasteiger partial charge is 0.384 e. The van der Waals surface area contributed by atoms with E-state index in [9.17, 15) is 8.42 Å². The number of fused-ring (bicyclic) bond motifs is 1. The molecule has 1 aromatic carbocycles. The highest BCUT2D eigenvalue weighted by atomic mass is 32.2. The number of sulfonamides is 1. The minimum absolute atomic E-state index is 0.0493. The Hall–Kier alpha value is -1.70. The number of benzene rings is 1. The SMILES string of the molecule is CCn1cc2c(n1)[C@@H](COC)CN(S(=O)(=O)c1ccc(C)cc1)C2. The van der Waals surface area contributed by atoms with Crippen LogP contribution >= 0.6 is 0 Å². The van der Waals surface area contributed by atoms with Gasteiger partial charge in [-0.2, -0.15) is 9.40 Å². The van der Waals surface area contributed by atoms with Crippen molar-refractivity contribution >= 4 is 10.0 Å². The zero-order valence-electron chi connectivity index (χ0n) is 14.3. The van der Waals surface area contributed by atoms with Gasteiger partial charge < -0.3 is 4.74 Å². The topological polar surface area (TPSA) is 64.4 Å². The molecular weight excluding hydrogens is 326 g/mol. The van der Waals surface area contributed by atoms with Gasteiger partial charge in [0.15, 0.2) is 0 Å². The fraction of sp³-hybridized carbons (Fsp3) is 0.471. The molecule has 0 aliphatic carbocycles. The zero-order valence-corrected chi connectivity index (χ0v) is 15.1. The van der Waals surface area contributed by atoms with E-state index in [1.54, 1.807) is 19.2 Å². The fourth-order valence-electron chi connectivity index (χ4n) is 3.07. The lowest BCUT2D eigenvalue weighted by Crippen LogP contribution is -2.39. The first-order valence-corrected chi connectivity index (χ1v) is 9.51. The van der Waals surface area contributed by atoms with Crippen molar-refractivity contribution in [1.82, 2.24) is 14.1 Å². The standard InChI is InChI=1S/C17H23N3O3S/c1-4-19-9-14-10-20(11-15(12-23-3)17(14)18-19)24(21,22)16-7-5-13(2)6-8-16/h5-9,15H,4,10-12H2,1-3H3/t15-/m1/s1. The molecule has 1 aromatic heterocycles. The summed E-state index contributed by atoms with van der Waals surface area (Å²) in [6, 6.07) is 6.98. The molecule has 1 aliphatic heterocycles. The molecule has 2 heterocycles. The maximum absolute atomic E-state index is 13.0. The average molecular weight is 349 g/mol. The third-order valence-corrected chi connectivity index (χ3v) is 6.20. The lowest BCUT2D eigenvalue weighted by Gasteiger charge is -2.30. The van der Waals surface area contributed by atoms with Crippen LogP contribution in [0.2, 0.25) is 0 Å². The van der Waals surface area contributed by atoms with Gasteiger partial charge in [-0.15, -0.1) is 0 Å². The fourth-order valence-corrected chi connectivity index (χ4v) is 4.53. The molecule has 1 aliphatic rings. The maximum Gasteiger partial charge on any atom is 0.243 e. The quantitative estimate of drug-likeness (QED) is 0.830.